The van der Waals surface area contributed by atoms with E-state index in [2.05, 4.69) is 43.1 Å². The Morgan fingerprint density at radius 2 is 1.79 bits per heavy atom. The summed E-state index contributed by atoms with van der Waals surface area (Å²) in [5.41, 5.74) is 0. The van der Waals surface area contributed by atoms with Gasteiger partial charge in [-0.25, -0.2) is 0 Å². The molecular formula is C18H33N. The van der Waals surface area contributed by atoms with Crippen LogP contribution in [0.4, 0.5) is 0 Å². The van der Waals surface area contributed by atoms with Crippen LogP contribution in [0.1, 0.15) is 71.6 Å². The van der Waals surface area contributed by atoms with Crippen molar-refractivity contribution in [2.24, 2.45) is 0 Å². The van der Waals surface area contributed by atoms with Gasteiger partial charge in [-0.2, -0.15) is 0 Å². The van der Waals surface area contributed by atoms with Gasteiger partial charge in [0.25, 0.3) is 0 Å². The van der Waals surface area contributed by atoms with E-state index in [-0.39, 0.29) is 0 Å². The second-order valence-corrected chi connectivity index (χ2v) is 5.71. The fourth-order valence-corrected chi connectivity index (χ4v) is 2.97. The average molecular weight is 263 g/mol. The second-order valence-electron chi connectivity index (χ2n) is 5.71. The van der Waals surface area contributed by atoms with Crippen LogP contribution in [0.5, 0.6) is 0 Å². The molecule has 0 N–H and O–H groups in total. The topological polar surface area (TPSA) is 3.24 Å². The second kappa shape index (κ2) is 11.3. The van der Waals surface area contributed by atoms with Gasteiger partial charge in [0.05, 0.1) is 0 Å². The van der Waals surface area contributed by atoms with Crippen LogP contribution in [0.15, 0.2) is 24.3 Å². The summed E-state index contributed by atoms with van der Waals surface area (Å²) in [4.78, 5) is 2.64. The van der Waals surface area contributed by atoms with Crippen molar-refractivity contribution < 1.29 is 0 Å². The SMILES string of the molecule is CCCCCC/C=C/C=C/CC[C@H]1CCCN1CC. The zero-order valence-electron chi connectivity index (χ0n) is 13.1. The van der Waals surface area contributed by atoms with Crippen LogP contribution >= 0.6 is 0 Å². The molecule has 0 spiro atoms. The van der Waals surface area contributed by atoms with Crippen LogP contribution in [0.2, 0.25) is 0 Å². The van der Waals surface area contributed by atoms with Crippen molar-refractivity contribution in [3.8, 4) is 0 Å². The molecule has 0 aromatic rings. The molecule has 1 heteroatoms. The van der Waals surface area contributed by atoms with Crippen LogP contribution < -0.4 is 0 Å². The van der Waals surface area contributed by atoms with Crippen molar-refractivity contribution in [1.29, 1.82) is 0 Å². The van der Waals surface area contributed by atoms with Gasteiger partial charge in [-0.3, -0.25) is 0 Å². The minimum Gasteiger partial charge on any atom is -0.301 e. The van der Waals surface area contributed by atoms with Crippen molar-refractivity contribution in [1.82, 2.24) is 4.90 Å². The molecule has 1 heterocycles. The lowest BCUT2D eigenvalue weighted by molar-refractivity contribution is 0.257. The molecule has 1 nitrogen and oxygen atoms in total. The highest BCUT2D eigenvalue weighted by molar-refractivity contribution is 5.02. The predicted molar refractivity (Wildman–Crippen MR) is 86.5 cm³/mol. The average Bonchev–Trinajstić information content (AvgIpc) is 2.88. The van der Waals surface area contributed by atoms with Gasteiger partial charge in [0.2, 0.25) is 0 Å². The van der Waals surface area contributed by atoms with E-state index >= 15 is 0 Å². The van der Waals surface area contributed by atoms with Crippen molar-refractivity contribution in [3.05, 3.63) is 24.3 Å². The molecule has 19 heavy (non-hydrogen) atoms. The molecule has 0 aliphatic carbocycles. The van der Waals surface area contributed by atoms with E-state index in [1.54, 1.807) is 0 Å². The molecule has 110 valence electrons. The van der Waals surface area contributed by atoms with Gasteiger partial charge in [0, 0.05) is 6.04 Å². The summed E-state index contributed by atoms with van der Waals surface area (Å²) < 4.78 is 0. The summed E-state index contributed by atoms with van der Waals surface area (Å²) in [7, 11) is 0. The highest BCUT2D eigenvalue weighted by atomic mass is 15.2. The zero-order valence-corrected chi connectivity index (χ0v) is 13.1. The molecule has 1 saturated heterocycles. The first kappa shape index (κ1) is 16.5. The lowest BCUT2D eigenvalue weighted by atomic mass is 10.1. The van der Waals surface area contributed by atoms with Gasteiger partial charge in [0.15, 0.2) is 0 Å². The first-order valence-corrected chi connectivity index (χ1v) is 8.44. The van der Waals surface area contributed by atoms with Gasteiger partial charge in [-0.15, -0.1) is 0 Å². The third-order valence-corrected chi connectivity index (χ3v) is 4.18. The predicted octanol–water partition coefficient (Wildman–Crippen LogP) is 5.33. The third kappa shape index (κ3) is 7.57. The van der Waals surface area contributed by atoms with Crippen LogP contribution in [0.3, 0.4) is 0 Å². The Hall–Kier alpha value is -0.560. The lowest BCUT2D eigenvalue weighted by Crippen LogP contribution is -2.28. The fourth-order valence-electron chi connectivity index (χ4n) is 2.97. The third-order valence-electron chi connectivity index (χ3n) is 4.18. The fraction of sp³-hybridized carbons (Fsp3) is 0.778. The number of hydrogen-bond donors (Lipinski definition) is 0. The van der Waals surface area contributed by atoms with Gasteiger partial charge in [0.1, 0.15) is 0 Å². The molecule has 0 radical (unpaired) electrons. The largest absolute Gasteiger partial charge is 0.301 e. The molecule has 0 amide bonds. The molecule has 1 rings (SSSR count). The Morgan fingerprint density at radius 3 is 2.53 bits per heavy atom. The molecule has 1 aliphatic heterocycles. The first-order valence-electron chi connectivity index (χ1n) is 8.44. The molecule has 0 aromatic heterocycles. The Balaban J connectivity index is 1.99. The molecule has 0 bridgehead atoms. The summed E-state index contributed by atoms with van der Waals surface area (Å²) in [6, 6.07) is 0.854. The minimum absolute atomic E-state index is 0.854. The highest BCUT2D eigenvalue weighted by Crippen LogP contribution is 2.20. The normalized spacial score (nSPS) is 21.1. The molecule has 1 fully saturated rings. The van der Waals surface area contributed by atoms with E-state index in [1.807, 2.05) is 0 Å². The Morgan fingerprint density at radius 1 is 1.00 bits per heavy atom. The monoisotopic (exact) mass is 263 g/mol. The van der Waals surface area contributed by atoms with E-state index in [1.165, 1.54) is 70.9 Å². The molecule has 1 atom stereocenters. The Bertz CT molecular complexity index is 254. The standard InChI is InChI=1S/C18H33N/c1-3-5-6-7-8-9-10-11-12-13-15-18-16-14-17-19(18)4-2/h9-12,18H,3-8,13-17H2,1-2H3/b10-9+,12-11+/t18-/m0/s1. The van der Waals surface area contributed by atoms with Crippen LogP contribution in [0, 0.1) is 0 Å². The van der Waals surface area contributed by atoms with E-state index in [0.717, 1.165) is 6.04 Å². The van der Waals surface area contributed by atoms with Gasteiger partial charge in [-0.05, 0) is 51.6 Å². The number of allylic oxidation sites excluding steroid dienone is 4. The van der Waals surface area contributed by atoms with E-state index < -0.39 is 0 Å². The quantitative estimate of drug-likeness (QED) is 0.380. The van der Waals surface area contributed by atoms with E-state index in [9.17, 15) is 0 Å². The molecule has 0 unspecified atom stereocenters. The molecular weight excluding hydrogens is 230 g/mol. The van der Waals surface area contributed by atoms with Crippen molar-refractivity contribution in [2.75, 3.05) is 13.1 Å². The maximum absolute atomic E-state index is 2.64. The summed E-state index contributed by atoms with van der Waals surface area (Å²) in [5, 5.41) is 0. The number of nitrogens with zero attached hydrogens (tertiary/aromatic N) is 1. The smallest absolute Gasteiger partial charge is 0.00985 e. The Kier molecular flexibility index (Phi) is 9.79. The maximum atomic E-state index is 2.64. The van der Waals surface area contributed by atoms with Crippen molar-refractivity contribution >= 4 is 0 Å². The molecule has 0 aromatic carbocycles. The van der Waals surface area contributed by atoms with Crippen LogP contribution in [-0.2, 0) is 0 Å². The van der Waals surface area contributed by atoms with Crippen LogP contribution in [0.25, 0.3) is 0 Å². The number of unbranched alkanes of at least 4 members (excludes halogenated alkanes) is 4. The van der Waals surface area contributed by atoms with E-state index in [0.29, 0.717) is 0 Å². The maximum Gasteiger partial charge on any atom is 0.00985 e. The minimum atomic E-state index is 0.854. The van der Waals surface area contributed by atoms with Crippen molar-refractivity contribution in [2.45, 2.75) is 77.7 Å². The van der Waals surface area contributed by atoms with Gasteiger partial charge in [-0.1, -0.05) is 57.4 Å². The first-order chi connectivity index (χ1) is 9.38. The summed E-state index contributed by atoms with van der Waals surface area (Å²) in [6.07, 6.45) is 21.2. The summed E-state index contributed by atoms with van der Waals surface area (Å²) >= 11 is 0. The zero-order chi connectivity index (χ0) is 13.8. The van der Waals surface area contributed by atoms with E-state index in [4.69, 9.17) is 0 Å². The number of rotatable bonds is 10. The summed E-state index contributed by atoms with van der Waals surface area (Å²) in [6.45, 7) is 7.10. The van der Waals surface area contributed by atoms with Crippen LogP contribution in [-0.4, -0.2) is 24.0 Å². The van der Waals surface area contributed by atoms with Gasteiger partial charge < -0.3 is 4.90 Å². The summed E-state index contributed by atoms with van der Waals surface area (Å²) in [5.74, 6) is 0. The molecule has 1 aliphatic rings. The van der Waals surface area contributed by atoms with Crippen molar-refractivity contribution in [3.63, 3.8) is 0 Å². The number of likely N-dealkylation sites (tertiary alicyclic amines) is 1. The Labute approximate surface area is 120 Å². The number of hydrogen-bond acceptors (Lipinski definition) is 1. The molecule has 0 saturated carbocycles. The highest BCUT2D eigenvalue weighted by Gasteiger charge is 2.21. The van der Waals surface area contributed by atoms with Gasteiger partial charge >= 0.3 is 0 Å². The lowest BCUT2D eigenvalue weighted by Gasteiger charge is -2.21.